The molecule has 31 heavy (non-hydrogen) atoms. The van der Waals surface area contributed by atoms with Crippen LogP contribution >= 0.6 is 0 Å². The zero-order chi connectivity index (χ0) is 22.2. The Morgan fingerprint density at radius 3 is 2.32 bits per heavy atom. The smallest absolute Gasteiger partial charge is 0.428 e. The Bertz CT molecular complexity index is 937. The van der Waals surface area contributed by atoms with Crippen LogP contribution in [0.5, 0.6) is 0 Å². The number of likely N-dealkylation sites (tertiary alicyclic amines) is 1. The number of alkyl halides is 3. The van der Waals surface area contributed by atoms with Crippen LogP contribution in [0.1, 0.15) is 35.6 Å². The highest BCUT2D eigenvalue weighted by molar-refractivity contribution is 5.71. The lowest BCUT2D eigenvalue weighted by Gasteiger charge is -2.44. The Kier molecular flexibility index (Phi) is 5.68. The normalized spacial score (nSPS) is 21.5. The zero-order valence-corrected chi connectivity index (χ0v) is 17.2. The fourth-order valence-electron chi connectivity index (χ4n) is 4.42. The minimum atomic E-state index is -4.66. The van der Waals surface area contributed by atoms with Crippen LogP contribution in [0.2, 0.25) is 0 Å². The SMILES string of the molecule is CN1CCC(OC(=O)N2CCc3ccccc3[C@@H]2c2ccc(F)cc2)(C(F)(F)F)CC1. The summed E-state index contributed by atoms with van der Waals surface area (Å²) in [6.45, 7) is 0.597. The first-order valence-electron chi connectivity index (χ1n) is 10.3. The van der Waals surface area contributed by atoms with Gasteiger partial charge in [0.1, 0.15) is 5.82 Å². The van der Waals surface area contributed by atoms with Crippen molar-refractivity contribution in [1.29, 1.82) is 0 Å². The summed E-state index contributed by atoms with van der Waals surface area (Å²) in [6, 6.07) is 12.5. The molecule has 0 spiro atoms. The fourth-order valence-corrected chi connectivity index (χ4v) is 4.42. The molecule has 0 unspecified atom stereocenters. The number of ether oxygens (including phenoxy) is 1. The van der Waals surface area contributed by atoms with Gasteiger partial charge in [0.25, 0.3) is 0 Å². The van der Waals surface area contributed by atoms with E-state index >= 15 is 0 Å². The predicted octanol–water partition coefficient (Wildman–Crippen LogP) is 4.94. The predicted molar refractivity (Wildman–Crippen MR) is 107 cm³/mol. The fraction of sp³-hybridized carbons (Fsp3) is 0.435. The second-order valence-electron chi connectivity index (χ2n) is 8.26. The molecule has 4 nitrogen and oxygen atoms in total. The van der Waals surface area contributed by atoms with Crippen molar-refractivity contribution in [3.63, 3.8) is 0 Å². The Morgan fingerprint density at radius 1 is 1.03 bits per heavy atom. The molecule has 0 aromatic heterocycles. The average molecular weight is 436 g/mol. The number of hydrogen-bond donors (Lipinski definition) is 0. The van der Waals surface area contributed by atoms with Crippen molar-refractivity contribution in [2.75, 3.05) is 26.7 Å². The van der Waals surface area contributed by atoms with Crippen molar-refractivity contribution in [2.24, 2.45) is 0 Å². The largest absolute Gasteiger partial charge is 0.433 e. The first-order chi connectivity index (χ1) is 14.7. The van der Waals surface area contributed by atoms with Gasteiger partial charge in [0.2, 0.25) is 5.60 Å². The van der Waals surface area contributed by atoms with Crippen LogP contribution in [0.15, 0.2) is 48.5 Å². The molecule has 1 saturated heterocycles. The molecule has 0 saturated carbocycles. The number of rotatable bonds is 2. The highest BCUT2D eigenvalue weighted by Crippen LogP contribution is 2.43. The molecule has 0 radical (unpaired) electrons. The maximum absolute atomic E-state index is 14.0. The monoisotopic (exact) mass is 436 g/mol. The lowest BCUT2D eigenvalue weighted by molar-refractivity contribution is -0.272. The molecule has 2 aromatic rings. The van der Waals surface area contributed by atoms with Gasteiger partial charge in [-0.2, -0.15) is 13.2 Å². The molecule has 1 atom stereocenters. The van der Waals surface area contributed by atoms with E-state index in [1.165, 1.54) is 17.0 Å². The summed E-state index contributed by atoms with van der Waals surface area (Å²) in [5.74, 6) is -0.427. The van der Waals surface area contributed by atoms with Crippen LogP contribution in [-0.4, -0.2) is 54.4 Å². The number of nitrogens with zero attached hydrogens (tertiary/aromatic N) is 2. The van der Waals surface area contributed by atoms with E-state index in [1.54, 1.807) is 24.1 Å². The minimum Gasteiger partial charge on any atom is -0.433 e. The Morgan fingerprint density at radius 2 is 1.68 bits per heavy atom. The van der Waals surface area contributed by atoms with E-state index in [4.69, 9.17) is 4.74 Å². The molecule has 2 heterocycles. The van der Waals surface area contributed by atoms with Crippen molar-refractivity contribution in [2.45, 2.75) is 37.1 Å². The van der Waals surface area contributed by atoms with Crippen molar-refractivity contribution >= 4 is 6.09 Å². The second kappa shape index (κ2) is 8.15. The van der Waals surface area contributed by atoms with Crippen LogP contribution in [0.25, 0.3) is 0 Å². The van der Waals surface area contributed by atoms with Gasteiger partial charge in [-0.3, -0.25) is 4.90 Å². The maximum atomic E-state index is 14.0. The van der Waals surface area contributed by atoms with E-state index in [1.807, 2.05) is 24.3 Å². The van der Waals surface area contributed by atoms with Crippen LogP contribution in [-0.2, 0) is 11.2 Å². The third kappa shape index (κ3) is 4.13. The third-order valence-corrected chi connectivity index (χ3v) is 6.30. The topological polar surface area (TPSA) is 32.8 Å². The summed E-state index contributed by atoms with van der Waals surface area (Å²) in [7, 11) is 1.74. The summed E-state index contributed by atoms with van der Waals surface area (Å²) in [5, 5.41) is 0. The number of benzene rings is 2. The number of fused-ring (bicyclic) bond motifs is 1. The first-order valence-corrected chi connectivity index (χ1v) is 10.3. The van der Waals surface area contributed by atoms with Crippen LogP contribution in [0.4, 0.5) is 22.4 Å². The van der Waals surface area contributed by atoms with Gasteiger partial charge in [0.15, 0.2) is 0 Å². The minimum absolute atomic E-state index is 0.191. The van der Waals surface area contributed by atoms with Gasteiger partial charge >= 0.3 is 12.3 Å². The van der Waals surface area contributed by atoms with Crippen LogP contribution < -0.4 is 0 Å². The molecule has 166 valence electrons. The van der Waals surface area contributed by atoms with Crippen molar-refractivity contribution in [1.82, 2.24) is 9.80 Å². The molecule has 2 aliphatic heterocycles. The highest BCUT2D eigenvalue weighted by Gasteiger charge is 2.59. The zero-order valence-electron chi connectivity index (χ0n) is 17.2. The van der Waals surface area contributed by atoms with E-state index < -0.39 is 29.7 Å². The van der Waals surface area contributed by atoms with E-state index in [9.17, 15) is 22.4 Å². The standard InChI is InChI=1S/C23H24F4N2O2/c1-28-14-11-22(12-15-28,23(25,26)27)31-21(30)29-13-10-16-4-2-3-5-19(16)20(29)17-6-8-18(24)9-7-17/h2-9,20H,10-15H2,1H3/t20-/m0/s1. The van der Waals surface area contributed by atoms with Gasteiger partial charge < -0.3 is 9.64 Å². The molecule has 8 heteroatoms. The van der Waals surface area contributed by atoms with Crippen LogP contribution in [0, 0.1) is 5.82 Å². The van der Waals surface area contributed by atoms with Gasteiger partial charge in [0, 0.05) is 32.5 Å². The van der Waals surface area contributed by atoms with Gasteiger partial charge in [0.05, 0.1) is 6.04 Å². The number of carbonyl (C=O) groups excluding carboxylic acids is 1. The number of hydrogen-bond acceptors (Lipinski definition) is 3. The second-order valence-corrected chi connectivity index (χ2v) is 8.26. The quantitative estimate of drug-likeness (QED) is 0.626. The molecule has 0 N–H and O–H groups in total. The number of carbonyl (C=O) groups is 1. The van der Waals surface area contributed by atoms with E-state index in [-0.39, 0.29) is 32.5 Å². The average Bonchev–Trinajstić information content (AvgIpc) is 2.74. The number of amides is 1. The van der Waals surface area contributed by atoms with E-state index in [2.05, 4.69) is 0 Å². The molecule has 2 aliphatic rings. The maximum Gasteiger partial charge on any atom is 0.428 e. The number of halogens is 4. The molecule has 4 rings (SSSR count). The molecule has 0 bridgehead atoms. The van der Waals surface area contributed by atoms with Crippen molar-refractivity contribution in [3.05, 3.63) is 71.0 Å². The summed E-state index contributed by atoms with van der Waals surface area (Å²) >= 11 is 0. The van der Waals surface area contributed by atoms with Gasteiger partial charge in [-0.25, -0.2) is 9.18 Å². The number of piperidine rings is 1. The first kappa shape index (κ1) is 21.6. The van der Waals surface area contributed by atoms with Gasteiger partial charge in [-0.05, 0) is 42.3 Å². The molecule has 2 aromatic carbocycles. The van der Waals surface area contributed by atoms with E-state index in [0.717, 1.165) is 11.1 Å². The molecule has 1 amide bonds. The summed E-state index contributed by atoms with van der Waals surface area (Å²) in [5.41, 5.74) is -0.0663. The van der Waals surface area contributed by atoms with Crippen LogP contribution in [0.3, 0.4) is 0 Å². The van der Waals surface area contributed by atoms with Crippen molar-refractivity contribution in [3.8, 4) is 0 Å². The molecular formula is C23H24F4N2O2. The van der Waals surface area contributed by atoms with Gasteiger partial charge in [-0.1, -0.05) is 36.4 Å². The molecule has 1 fully saturated rings. The summed E-state index contributed by atoms with van der Waals surface area (Å²) in [6.07, 6.45) is -5.76. The highest BCUT2D eigenvalue weighted by atomic mass is 19.4. The Hall–Kier alpha value is -2.61. The Labute approximate surface area is 178 Å². The lowest BCUT2D eigenvalue weighted by atomic mass is 9.88. The molecular weight excluding hydrogens is 412 g/mol. The third-order valence-electron chi connectivity index (χ3n) is 6.30. The van der Waals surface area contributed by atoms with Crippen molar-refractivity contribution < 1.29 is 27.1 Å². The van der Waals surface area contributed by atoms with Gasteiger partial charge in [-0.15, -0.1) is 0 Å². The lowest BCUT2D eigenvalue weighted by Crippen LogP contribution is -2.57. The summed E-state index contributed by atoms with van der Waals surface area (Å²) < 4.78 is 60.8. The molecule has 0 aliphatic carbocycles. The van der Waals surface area contributed by atoms with E-state index in [0.29, 0.717) is 12.0 Å². The summed E-state index contributed by atoms with van der Waals surface area (Å²) in [4.78, 5) is 16.3. The Balaban J connectivity index is 1.68.